The molecule has 0 spiro atoms. The van der Waals surface area contributed by atoms with E-state index in [1.807, 2.05) is 30.3 Å². The molecule has 0 amide bonds. The third-order valence-electron chi connectivity index (χ3n) is 7.08. The fraction of sp³-hybridized carbons (Fsp3) is 0.310. The minimum absolute atomic E-state index is 0.00238. The number of aliphatic carboxylic acids is 1. The van der Waals surface area contributed by atoms with Gasteiger partial charge in [0.1, 0.15) is 29.5 Å². The number of ether oxygens (including phenoxy) is 2. The van der Waals surface area contributed by atoms with Crippen molar-refractivity contribution in [3.05, 3.63) is 82.7 Å². The van der Waals surface area contributed by atoms with E-state index in [0.29, 0.717) is 46.9 Å². The van der Waals surface area contributed by atoms with Crippen LogP contribution in [0.5, 0.6) is 11.5 Å². The Morgan fingerprint density at radius 3 is 2.66 bits per heavy atom. The molecule has 5 nitrogen and oxygen atoms in total. The average molecular weight is 472 g/mol. The lowest BCUT2D eigenvalue weighted by molar-refractivity contribution is -0.137. The second-order valence-corrected chi connectivity index (χ2v) is 9.27. The molecule has 3 aromatic carbocycles. The molecule has 178 valence electrons. The molecule has 2 unspecified atom stereocenters. The van der Waals surface area contributed by atoms with Crippen molar-refractivity contribution in [3.8, 4) is 28.7 Å². The van der Waals surface area contributed by atoms with Gasteiger partial charge in [0.05, 0.1) is 19.1 Å². The van der Waals surface area contributed by atoms with Crippen LogP contribution >= 0.6 is 0 Å². The summed E-state index contributed by atoms with van der Waals surface area (Å²) >= 11 is 0. The number of carboxylic acids is 1. The summed E-state index contributed by atoms with van der Waals surface area (Å²) in [7, 11) is 1.52. The Hall–Kier alpha value is -3.85. The largest absolute Gasteiger partial charge is 0.497 e. The lowest BCUT2D eigenvalue weighted by Gasteiger charge is -2.19. The molecule has 0 bridgehead atoms. The van der Waals surface area contributed by atoms with Gasteiger partial charge in [-0.2, -0.15) is 5.26 Å². The highest BCUT2D eigenvalue weighted by Crippen LogP contribution is 2.46. The van der Waals surface area contributed by atoms with Gasteiger partial charge in [0, 0.05) is 11.1 Å². The van der Waals surface area contributed by atoms with Crippen molar-refractivity contribution in [2.75, 3.05) is 7.11 Å². The number of methoxy groups -OCH3 is 1. The van der Waals surface area contributed by atoms with E-state index in [-0.39, 0.29) is 18.4 Å². The fourth-order valence-electron chi connectivity index (χ4n) is 5.20. The predicted molar refractivity (Wildman–Crippen MR) is 129 cm³/mol. The van der Waals surface area contributed by atoms with Crippen molar-refractivity contribution in [1.29, 1.82) is 5.26 Å². The summed E-state index contributed by atoms with van der Waals surface area (Å²) in [5.74, 6) is 0.443. The minimum atomic E-state index is -0.787. The molecule has 0 aromatic heterocycles. The maximum absolute atomic E-state index is 14.6. The lowest BCUT2D eigenvalue weighted by atomic mass is 9.91. The van der Waals surface area contributed by atoms with Gasteiger partial charge >= 0.3 is 5.97 Å². The Kier molecular flexibility index (Phi) is 6.17. The molecule has 0 saturated heterocycles. The number of carboxylic acid groups (broad SMARTS) is 1. The van der Waals surface area contributed by atoms with Gasteiger partial charge in [-0.3, -0.25) is 4.79 Å². The third kappa shape index (κ3) is 4.59. The number of rotatable bonds is 8. The Morgan fingerprint density at radius 1 is 1.11 bits per heavy atom. The molecular formula is C29H26FNO4. The monoisotopic (exact) mass is 471 g/mol. The number of carbonyl (C=O) groups is 1. The van der Waals surface area contributed by atoms with Crippen LogP contribution in [0.4, 0.5) is 4.39 Å². The second kappa shape index (κ2) is 9.42. The molecule has 2 atom stereocenters. The number of benzene rings is 3. The van der Waals surface area contributed by atoms with E-state index < -0.39 is 11.8 Å². The molecule has 1 fully saturated rings. The highest BCUT2D eigenvalue weighted by Gasteiger charge is 2.34. The zero-order chi connectivity index (χ0) is 24.5. The van der Waals surface area contributed by atoms with E-state index in [1.54, 1.807) is 18.2 Å². The number of hydrogen-bond acceptors (Lipinski definition) is 4. The standard InChI is InChI=1S/C29H26FNO4/c1-34-19-7-11-27(30)25(14-19)22-8-9-23-21(26(22)16-31)10-12-28(23)35-20-4-2-3-18(13-20)24(15-29(32)33)17-5-6-17/h2-4,7-9,11,13-14,17,24,28H,5-6,10,12,15H2,1H3,(H,32,33). The SMILES string of the molecule is COc1ccc(F)c(-c2ccc3c(c2C#N)CCC3Oc2cccc(C(CC(=O)O)C3CC3)c2)c1. The fourth-order valence-corrected chi connectivity index (χ4v) is 5.20. The highest BCUT2D eigenvalue weighted by molar-refractivity contribution is 5.75. The normalized spacial score (nSPS) is 17.3. The van der Waals surface area contributed by atoms with Gasteiger partial charge in [0.15, 0.2) is 0 Å². The Bertz CT molecular complexity index is 1320. The van der Waals surface area contributed by atoms with Crippen LogP contribution < -0.4 is 9.47 Å². The van der Waals surface area contributed by atoms with E-state index in [0.717, 1.165) is 29.5 Å². The topological polar surface area (TPSA) is 79.5 Å². The van der Waals surface area contributed by atoms with Crippen LogP contribution in [0.25, 0.3) is 11.1 Å². The Morgan fingerprint density at radius 2 is 1.94 bits per heavy atom. The zero-order valence-corrected chi connectivity index (χ0v) is 19.5. The smallest absolute Gasteiger partial charge is 0.303 e. The van der Waals surface area contributed by atoms with Crippen molar-refractivity contribution in [2.24, 2.45) is 5.92 Å². The summed E-state index contributed by atoms with van der Waals surface area (Å²) in [6.45, 7) is 0. The molecule has 0 heterocycles. The number of fused-ring (bicyclic) bond motifs is 1. The van der Waals surface area contributed by atoms with Crippen LogP contribution in [-0.2, 0) is 11.2 Å². The molecule has 35 heavy (non-hydrogen) atoms. The number of nitrogens with zero attached hydrogens (tertiary/aromatic N) is 1. The zero-order valence-electron chi connectivity index (χ0n) is 19.5. The van der Waals surface area contributed by atoms with E-state index >= 15 is 0 Å². The summed E-state index contributed by atoms with van der Waals surface area (Å²) in [5, 5.41) is 19.3. The van der Waals surface area contributed by atoms with Gasteiger partial charge < -0.3 is 14.6 Å². The first-order valence-electron chi connectivity index (χ1n) is 11.9. The van der Waals surface area contributed by atoms with Crippen LogP contribution in [-0.4, -0.2) is 18.2 Å². The van der Waals surface area contributed by atoms with Crippen LogP contribution in [0.1, 0.15) is 60.0 Å². The van der Waals surface area contributed by atoms with Crippen molar-refractivity contribution in [1.82, 2.24) is 0 Å². The summed E-state index contributed by atoms with van der Waals surface area (Å²) in [6, 6.07) is 18.2. The van der Waals surface area contributed by atoms with Crippen molar-refractivity contribution in [2.45, 2.75) is 44.1 Å². The Balaban J connectivity index is 1.43. The van der Waals surface area contributed by atoms with Gasteiger partial charge in [0.25, 0.3) is 0 Å². The first-order chi connectivity index (χ1) is 17.0. The average Bonchev–Trinajstić information content (AvgIpc) is 3.63. The maximum atomic E-state index is 14.6. The molecule has 6 heteroatoms. The van der Waals surface area contributed by atoms with Gasteiger partial charge in [-0.25, -0.2) is 4.39 Å². The van der Waals surface area contributed by atoms with Crippen molar-refractivity contribution in [3.63, 3.8) is 0 Å². The molecule has 2 aliphatic carbocycles. The first-order valence-corrected chi connectivity index (χ1v) is 11.9. The van der Waals surface area contributed by atoms with Crippen molar-refractivity contribution >= 4 is 5.97 Å². The number of nitriles is 1. The second-order valence-electron chi connectivity index (χ2n) is 9.27. The van der Waals surface area contributed by atoms with E-state index in [4.69, 9.17) is 9.47 Å². The number of hydrogen-bond donors (Lipinski definition) is 1. The molecule has 5 rings (SSSR count). The summed E-state index contributed by atoms with van der Waals surface area (Å²) in [5.41, 5.74) is 4.16. The quantitative estimate of drug-likeness (QED) is 0.411. The van der Waals surface area contributed by atoms with Gasteiger partial charge in [-0.15, -0.1) is 0 Å². The molecule has 3 aromatic rings. The van der Waals surface area contributed by atoms with Crippen LogP contribution in [0.3, 0.4) is 0 Å². The Labute approximate surface area is 203 Å². The van der Waals surface area contributed by atoms with Crippen LogP contribution in [0.2, 0.25) is 0 Å². The molecular weight excluding hydrogens is 445 g/mol. The number of halogens is 1. The maximum Gasteiger partial charge on any atom is 0.303 e. The molecule has 1 N–H and O–H groups in total. The summed E-state index contributed by atoms with van der Waals surface area (Å²) in [6.07, 6.45) is 3.38. The summed E-state index contributed by atoms with van der Waals surface area (Å²) in [4.78, 5) is 11.4. The summed E-state index contributed by atoms with van der Waals surface area (Å²) < 4.78 is 26.2. The predicted octanol–water partition coefficient (Wildman–Crippen LogP) is 6.41. The van der Waals surface area contributed by atoms with Crippen molar-refractivity contribution < 1.29 is 23.8 Å². The molecule has 0 radical (unpaired) electrons. The highest BCUT2D eigenvalue weighted by atomic mass is 19.1. The van der Waals surface area contributed by atoms with E-state index in [2.05, 4.69) is 6.07 Å². The van der Waals surface area contributed by atoms with E-state index in [1.165, 1.54) is 13.2 Å². The molecule has 1 saturated carbocycles. The lowest BCUT2D eigenvalue weighted by Crippen LogP contribution is -2.09. The first kappa shape index (κ1) is 22.9. The van der Waals surface area contributed by atoms with Crippen LogP contribution in [0.15, 0.2) is 54.6 Å². The van der Waals surface area contributed by atoms with E-state index in [9.17, 15) is 19.6 Å². The van der Waals surface area contributed by atoms with Gasteiger partial charge in [-0.05, 0) is 84.5 Å². The molecule has 2 aliphatic rings. The molecule has 0 aliphatic heterocycles. The van der Waals surface area contributed by atoms with Gasteiger partial charge in [0.2, 0.25) is 0 Å². The van der Waals surface area contributed by atoms with Crippen LogP contribution in [0, 0.1) is 23.1 Å². The minimum Gasteiger partial charge on any atom is -0.497 e. The third-order valence-corrected chi connectivity index (χ3v) is 7.08. The van der Waals surface area contributed by atoms with Gasteiger partial charge in [-0.1, -0.05) is 24.3 Å².